The van der Waals surface area contributed by atoms with Crippen LogP contribution in [-0.2, 0) is 0 Å². The molecule has 0 aliphatic carbocycles. The van der Waals surface area contributed by atoms with Crippen LogP contribution in [-0.4, -0.2) is 10.9 Å². The SMILES string of the molecule is O=C(Nc1nc2c(Cl)ccc(Cl)c2s1)c1ccc(Oc2ccccc2)cc1. The van der Waals surface area contributed by atoms with E-state index in [1.54, 1.807) is 36.4 Å². The van der Waals surface area contributed by atoms with E-state index in [9.17, 15) is 4.79 Å². The Balaban J connectivity index is 1.50. The number of aromatic nitrogens is 1. The molecule has 0 aliphatic heterocycles. The van der Waals surface area contributed by atoms with Gasteiger partial charge in [0.25, 0.3) is 5.91 Å². The number of hydrogen-bond acceptors (Lipinski definition) is 4. The van der Waals surface area contributed by atoms with Crippen LogP contribution in [0.3, 0.4) is 0 Å². The van der Waals surface area contributed by atoms with Crippen LogP contribution >= 0.6 is 34.5 Å². The van der Waals surface area contributed by atoms with Gasteiger partial charge in [-0.25, -0.2) is 4.98 Å². The number of ether oxygens (including phenoxy) is 1. The molecule has 0 radical (unpaired) electrons. The van der Waals surface area contributed by atoms with Crippen molar-refractivity contribution in [2.75, 3.05) is 5.32 Å². The molecule has 4 nitrogen and oxygen atoms in total. The number of hydrogen-bond donors (Lipinski definition) is 1. The van der Waals surface area contributed by atoms with Crippen molar-refractivity contribution in [3.8, 4) is 11.5 Å². The first kappa shape index (κ1) is 17.8. The van der Waals surface area contributed by atoms with Crippen molar-refractivity contribution in [3.05, 3.63) is 82.3 Å². The van der Waals surface area contributed by atoms with E-state index in [-0.39, 0.29) is 5.91 Å². The Kier molecular flexibility index (Phi) is 4.99. The standard InChI is InChI=1S/C20H12Cl2N2O2S/c21-15-10-11-16(22)18-17(15)23-20(27-18)24-19(25)12-6-8-14(9-7-12)26-13-4-2-1-3-5-13/h1-11H,(H,23,24,25). The monoisotopic (exact) mass is 414 g/mol. The van der Waals surface area contributed by atoms with Gasteiger partial charge in [-0.1, -0.05) is 52.7 Å². The summed E-state index contributed by atoms with van der Waals surface area (Å²) >= 11 is 13.6. The molecule has 1 aromatic heterocycles. The van der Waals surface area contributed by atoms with Crippen LogP contribution in [0, 0.1) is 0 Å². The quantitative estimate of drug-likeness (QED) is 0.406. The number of fused-ring (bicyclic) bond motifs is 1. The highest BCUT2D eigenvalue weighted by atomic mass is 35.5. The van der Waals surface area contributed by atoms with E-state index in [2.05, 4.69) is 10.3 Å². The Labute approximate surface area is 169 Å². The predicted octanol–water partition coefficient (Wildman–Crippen LogP) is 6.65. The van der Waals surface area contributed by atoms with Crippen LogP contribution < -0.4 is 10.1 Å². The van der Waals surface area contributed by atoms with Crippen LogP contribution in [0.15, 0.2) is 66.7 Å². The highest BCUT2D eigenvalue weighted by Gasteiger charge is 2.14. The summed E-state index contributed by atoms with van der Waals surface area (Å²) in [6.45, 7) is 0. The molecule has 1 amide bonds. The van der Waals surface area contributed by atoms with Crippen molar-refractivity contribution in [2.24, 2.45) is 0 Å². The second-order valence-electron chi connectivity index (χ2n) is 5.62. The fraction of sp³-hybridized carbons (Fsp3) is 0. The molecule has 0 atom stereocenters. The third-order valence-corrected chi connectivity index (χ3v) is 5.50. The third kappa shape index (κ3) is 3.90. The molecule has 27 heavy (non-hydrogen) atoms. The van der Waals surface area contributed by atoms with Gasteiger partial charge in [0.2, 0.25) is 0 Å². The number of thiazole rings is 1. The second-order valence-corrected chi connectivity index (χ2v) is 7.43. The minimum Gasteiger partial charge on any atom is -0.457 e. The molecule has 0 bridgehead atoms. The number of anilines is 1. The average molecular weight is 415 g/mol. The number of nitrogens with one attached hydrogen (secondary N) is 1. The minimum atomic E-state index is -0.271. The lowest BCUT2D eigenvalue weighted by atomic mass is 10.2. The molecule has 7 heteroatoms. The zero-order valence-electron chi connectivity index (χ0n) is 13.8. The van der Waals surface area contributed by atoms with Crippen LogP contribution in [0.25, 0.3) is 10.2 Å². The number of amides is 1. The van der Waals surface area contributed by atoms with Crippen LogP contribution in [0.4, 0.5) is 5.13 Å². The number of halogens is 2. The first-order chi connectivity index (χ1) is 13.1. The molecule has 4 aromatic rings. The lowest BCUT2D eigenvalue weighted by Crippen LogP contribution is -2.11. The zero-order valence-corrected chi connectivity index (χ0v) is 16.1. The summed E-state index contributed by atoms with van der Waals surface area (Å²) in [5.74, 6) is 1.11. The Morgan fingerprint density at radius 3 is 2.26 bits per heavy atom. The van der Waals surface area contributed by atoms with Gasteiger partial charge >= 0.3 is 0 Å². The van der Waals surface area contributed by atoms with E-state index in [0.29, 0.717) is 32.0 Å². The summed E-state index contributed by atoms with van der Waals surface area (Å²) in [5.41, 5.74) is 1.07. The smallest absolute Gasteiger partial charge is 0.257 e. The summed E-state index contributed by atoms with van der Waals surface area (Å²) < 4.78 is 6.47. The molecule has 0 spiro atoms. The summed E-state index contributed by atoms with van der Waals surface area (Å²) in [6, 6.07) is 19.7. The molecular formula is C20H12Cl2N2O2S. The largest absolute Gasteiger partial charge is 0.457 e. The lowest BCUT2D eigenvalue weighted by Gasteiger charge is -2.06. The normalized spacial score (nSPS) is 10.7. The summed E-state index contributed by atoms with van der Waals surface area (Å²) in [4.78, 5) is 16.8. The van der Waals surface area contributed by atoms with E-state index >= 15 is 0 Å². The van der Waals surface area contributed by atoms with Crippen molar-refractivity contribution in [1.82, 2.24) is 4.98 Å². The Bertz CT molecular complexity index is 1070. The fourth-order valence-electron chi connectivity index (χ4n) is 2.47. The van der Waals surface area contributed by atoms with Gasteiger partial charge in [-0.15, -0.1) is 0 Å². The maximum absolute atomic E-state index is 12.5. The van der Waals surface area contributed by atoms with Crippen molar-refractivity contribution in [2.45, 2.75) is 0 Å². The van der Waals surface area contributed by atoms with E-state index in [1.807, 2.05) is 30.3 Å². The first-order valence-corrected chi connectivity index (χ1v) is 9.56. The fourth-order valence-corrected chi connectivity index (χ4v) is 3.88. The summed E-state index contributed by atoms with van der Waals surface area (Å²) in [7, 11) is 0. The molecule has 0 fully saturated rings. The third-order valence-electron chi connectivity index (χ3n) is 3.76. The van der Waals surface area contributed by atoms with Crippen molar-refractivity contribution < 1.29 is 9.53 Å². The van der Waals surface area contributed by atoms with Gasteiger partial charge in [0.1, 0.15) is 17.0 Å². The van der Waals surface area contributed by atoms with Gasteiger partial charge < -0.3 is 4.74 Å². The Hall–Kier alpha value is -2.60. The molecule has 1 N–H and O–H groups in total. The van der Waals surface area contributed by atoms with E-state index in [0.717, 1.165) is 10.4 Å². The minimum absolute atomic E-state index is 0.271. The van der Waals surface area contributed by atoms with Gasteiger partial charge in [-0.2, -0.15) is 0 Å². The second kappa shape index (κ2) is 7.56. The maximum atomic E-state index is 12.5. The molecule has 1 heterocycles. The Morgan fingerprint density at radius 2 is 1.56 bits per heavy atom. The van der Waals surface area contributed by atoms with Crippen LogP contribution in [0.5, 0.6) is 11.5 Å². The van der Waals surface area contributed by atoms with Gasteiger partial charge in [0.15, 0.2) is 5.13 Å². The highest BCUT2D eigenvalue weighted by Crippen LogP contribution is 2.36. The molecular weight excluding hydrogens is 403 g/mol. The topological polar surface area (TPSA) is 51.2 Å². The highest BCUT2D eigenvalue weighted by molar-refractivity contribution is 7.23. The molecule has 0 saturated heterocycles. The Morgan fingerprint density at radius 1 is 0.889 bits per heavy atom. The number of benzene rings is 3. The molecule has 3 aromatic carbocycles. The molecule has 0 aliphatic rings. The number of nitrogens with zero attached hydrogens (tertiary/aromatic N) is 1. The maximum Gasteiger partial charge on any atom is 0.257 e. The van der Waals surface area contributed by atoms with Crippen LogP contribution in [0.2, 0.25) is 10.0 Å². The average Bonchev–Trinajstić information content (AvgIpc) is 3.11. The van der Waals surface area contributed by atoms with Gasteiger partial charge in [0, 0.05) is 5.56 Å². The van der Waals surface area contributed by atoms with Crippen molar-refractivity contribution >= 4 is 55.8 Å². The van der Waals surface area contributed by atoms with Gasteiger partial charge in [0.05, 0.1) is 14.7 Å². The lowest BCUT2D eigenvalue weighted by molar-refractivity contribution is 0.102. The molecule has 0 saturated carbocycles. The van der Waals surface area contributed by atoms with E-state index in [1.165, 1.54) is 11.3 Å². The molecule has 134 valence electrons. The van der Waals surface area contributed by atoms with Crippen LogP contribution in [0.1, 0.15) is 10.4 Å². The van der Waals surface area contributed by atoms with E-state index < -0.39 is 0 Å². The van der Waals surface area contributed by atoms with Gasteiger partial charge in [-0.05, 0) is 48.5 Å². The zero-order chi connectivity index (χ0) is 18.8. The summed E-state index contributed by atoms with van der Waals surface area (Å²) in [6.07, 6.45) is 0. The predicted molar refractivity (Wildman–Crippen MR) is 111 cm³/mol. The first-order valence-electron chi connectivity index (χ1n) is 7.99. The number of carbonyl (C=O) groups excluding carboxylic acids is 1. The summed E-state index contributed by atoms with van der Waals surface area (Å²) in [5, 5.41) is 4.27. The van der Waals surface area contributed by atoms with Crippen molar-refractivity contribution in [3.63, 3.8) is 0 Å². The molecule has 0 unspecified atom stereocenters. The van der Waals surface area contributed by atoms with Gasteiger partial charge in [-0.3, -0.25) is 10.1 Å². The van der Waals surface area contributed by atoms with Crippen molar-refractivity contribution in [1.29, 1.82) is 0 Å². The number of rotatable bonds is 4. The number of carbonyl (C=O) groups is 1. The number of para-hydroxylation sites is 1. The molecule has 4 rings (SSSR count). The van der Waals surface area contributed by atoms with E-state index in [4.69, 9.17) is 27.9 Å².